The summed E-state index contributed by atoms with van der Waals surface area (Å²) in [5.74, 6) is -0.844. The Hall–Kier alpha value is -1.55. The van der Waals surface area contributed by atoms with E-state index in [9.17, 15) is 9.90 Å². The lowest BCUT2D eigenvalue weighted by molar-refractivity contribution is 0.0697. The maximum absolute atomic E-state index is 11.3. The predicted octanol–water partition coefficient (Wildman–Crippen LogP) is 2.35. The lowest BCUT2D eigenvalue weighted by Gasteiger charge is -2.38. The third-order valence-corrected chi connectivity index (χ3v) is 3.69. The highest BCUT2D eigenvalue weighted by atomic mass is 16.4. The first-order valence-corrected chi connectivity index (χ1v) is 7.03. The largest absolute Gasteiger partial charge is 0.478 e. The predicted molar refractivity (Wildman–Crippen MR) is 76.9 cm³/mol. The number of carboxylic acids is 1. The molecule has 2 N–H and O–H groups in total. The fourth-order valence-corrected chi connectivity index (χ4v) is 2.68. The molecule has 0 aliphatic carbocycles. The first kappa shape index (κ1) is 13.9. The molecule has 4 heteroatoms. The van der Waals surface area contributed by atoms with E-state index >= 15 is 0 Å². The molecule has 1 heterocycles. The zero-order chi connectivity index (χ0) is 13.7. The van der Waals surface area contributed by atoms with Crippen LogP contribution in [0.2, 0.25) is 0 Å². The summed E-state index contributed by atoms with van der Waals surface area (Å²) in [6.07, 6.45) is 3.46. The first-order chi connectivity index (χ1) is 9.24. The molecular weight excluding hydrogens is 240 g/mol. The molecule has 19 heavy (non-hydrogen) atoms. The van der Waals surface area contributed by atoms with Crippen molar-refractivity contribution in [2.75, 3.05) is 24.5 Å². The Morgan fingerprint density at radius 3 is 3.00 bits per heavy atom. The van der Waals surface area contributed by atoms with Crippen LogP contribution in [0.4, 0.5) is 5.69 Å². The Labute approximate surface area is 114 Å². The molecule has 0 saturated carbocycles. The molecule has 1 saturated heterocycles. The second-order valence-corrected chi connectivity index (χ2v) is 5.02. The second kappa shape index (κ2) is 6.57. The highest BCUT2D eigenvalue weighted by Gasteiger charge is 2.25. The van der Waals surface area contributed by atoms with Gasteiger partial charge in [-0.05, 0) is 18.6 Å². The van der Waals surface area contributed by atoms with Gasteiger partial charge in [-0.15, -0.1) is 0 Å². The number of para-hydroxylation sites is 1. The first-order valence-electron chi connectivity index (χ1n) is 7.03. The van der Waals surface area contributed by atoms with Crippen LogP contribution in [0.15, 0.2) is 24.3 Å². The van der Waals surface area contributed by atoms with Gasteiger partial charge in [-0.2, -0.15) is 0 Å². The van der Waals surface area contributed by atoms with Crippen molar-refractivity contribution in [1.82, 2.24) is 5.32 Å². The number of rotatable bonds is 5. The van der Waals surface area contributed by atoms with Gasteiger partial charge in [0.15, 0.2) is 0 Å². The third kappa shape index (κ3) is 3.26. The smallest absolute Gasteiger partial charge is 0.337 e. The summed E-state index contributed by atoms with van der Waals surface area (Å²) in [5.41, 5.74) is 1.27. The Kier molecular flexibility index (Phi) is 4.80. The van der Waals surface area contributed by atoms with Gasteiger partial charge in [-0.3, -0.25) is 0 Å². The molecule has 0 aromatic heterocycles. The van der Waals surface area contributed by atoms with Gasteiger partial charge in [-0.25, -0.2) is 4.79 Å². The van der Waals surface area contributed by atoms with Gasteiger partial charge in [0.25, 0.3) is 0 Å². The molecule has 4 nitrogen and oxygen atoms in total. The van der Waals surface area contributed by atoms with Gasteiger partial charge in [0.2, 0.25) is 0 Å². The van der Waals surface area contributed by atoms with E-state index in [1.54, 1.807) is 12.1 Å². The number of hydrogen-bond acceptors (Lipinski definition) is 3. The number of carbonyl (C=O) groups is 1. The Bertz CT molecular complexity index is 434. The summed E-state index contributed by atoms with van der Waals surface area (Å²) in [6.45, 7) is 4.91. The van der Waals surface area contributed by atoms with Crippen molar-refractivity contribution in [1.29, 1.82) is 0 Å². The van der Waals surface area contributed by atoms with Crippen LogP contribution in [0.1, 0.15) is 36.5 Å². The number of hydrogen-bond donors (Lipinski definition) is 2. The van der Waals surface area contributed by atoms with Crippen LogP contribution in [0, 0.1) is 0 Å². The van der Waals surface area contributed by atoms with Crippen molar-refractivity contribution in [2.45, 2.75) is 32.2 Å². The van der Waals surface area contributed by atoms with Crippen LogP contribution in [0.25, 0.3) is 0 Å². The molecule has 0 unspecified atom stereocenters. The Morgan fingerprint density at radius 1 is 1.47 bits per heavy atom. The van der Waals surface area contributed by atoms with E-state index in [0.717, 1.165) is 31.7 Å². The summed E-state index contributed by atoms with van der Waals surface area (Å²) in [4.78, 5) is 13.6. The maximum atomic E-state index is 11.3. The van der Waals surface area contributed by atoms with Crippen molar-refractivity contribution < 1.29 is 9.90 Å². The summed E-state index contributed by atoms with van der Waals surface area (Å²) >= 11 is 0. The van der Waals surface area contributed by atoms with Crippen LogP contribution in [0.5, 0.6) is 0 Å². The van der Waals surface area contributed by atoms with Crippen LogP contribution in [0.3, 0.4) is 0 Å². The van der Waals surface area contributed by atoms with E-state index in [1.165, 1.54) is 12.8 Å². The lowest BCUT2D eigenvalue weighted by atomic mass is 10.0. The summed E-state index contributed by atoms with van der Waals surface area (Å²) in [6, 6.07) is 7.72. The van der Waals surface area contributed by atoms with Crippen molar-refractivity contribution in [3.8, 4) is 0 Å². The van der Waals surface area contributed by atoms with Crippen LogP contribution >= 0.6 is 0 Å². The van der Waals surface area contributed by atoms with Gasteiger partial charge < -0.3 is 15.3 Å². The quantitative estimate of drug-likeness (QED) is 0.855. The minimum absolute atomic E-state index is 0.397. The SMILES string of the molecule is CCCC[C@H]1CNCCN1c1ccccc1C(=O)O. The fraction of sp³-hybridized carbons (Fsp3) is 0.533. The van der Waals surface area contributed by atoms with E-state index < -0.39 is 5.97 Å². The average molecular weight is 262 g/mol. The number of nitrogens with one attached hydrogen (secondary N) is 1. The van der Waals surface area contributed by atoms with Crippen molar-refractivity contribution in [3.63, 3.8) is 0 Å². The molecule has 1 atom stereocenters. The number of piperazine rings is 1. The molecule has 2 rings (SSSR count). The minimum Gasteiger partial charge on any atom is -0.478 e. The van der Waals surface area contributed by atoms with Gasteiger partial charge in [-0.1, -0.05) is 31.9 Å². The van der Waals surface area contributed by atoms with Crippen LogP contribution in [-0.2, 0) is 0 Å². The van der Waals surface area contributed by atoms with Crippen LogP contribution in [-0.4, -0.2) is 36.8 Å². The minimum atomic E-state index is -0.844. The standard InChI is InChI=1S/C15H22N2O2/c1-2-3-6-12-11-16-9-10-17(12)14-8-5-4-7-13(14)15(18)19/h4-5,7-8,12,16H,2-3,6,9-11H2,1H3,(H,18,19)/t12-/m0/s1. The van der Waals surface area contributed by atoms with Crippen molar-refractivity contribution in [3.05, 3.63) is 29.8 Å². The average Bonchev–Trinajstić information content (AvgIpc) is 2.45. The molecule has 0 bridgehead atoms. The second-order valence-electron chi connectivity index (χ2n) is 5.02. The third-order valence-electron chi connectivity index (χ3n) is 3.69. The summed E-state index contributed by atoms with van der Waals surface area (Å²) in [5, 5.41) is 12.7. The zero-order valence-electron chi connectivity index (χ0n) is 11.4. The van der Waals surface area contributed by atoms with Crippen molar-refractivity contribution >= 4 is 11.7 Å². The highest BCUT2D eigenvalue weighted by molar-refractivity contribution is 5.94. The number of nitrogens with zero attached hydrogens (tertiary/aromatic N) is 1. The molecule has 0 radical (unpaired) electrons. The molecule has 1 aromatic carbocycles. The number of carboxylic acid groups (broad SMARTS) is 1. The molecule has 1 aromatic rings. The highest BCUT2D eigenvalue weighted by Crippen LogP contribution is 2.25. The Morgan fingerprint density at radius 2 is 2.26 bits per heavy atom. The maximum Gasteiger partial charge on any atom is 0.337 e. The molecule has 1 aliphatic heterocycles. The number of anilines is 1. The number of aromatic carboxylic acids is 1. The van der Waals surface area contributed by atoms with Gasteiger partial charge in [0.05, 0.1) is 11.3 Å². The molecule has 1 fully saturated rings. The van der Waals surface area contributed by atoms with E-state index in [1.807, 2.05) is 12.1 Å². The number of unbranched alkanes of at least 4 members (excludes halogenated alkanes) is 1. The van der Waals surface area contributed by atoms with Crippen LogP contribution < -0.4 is 10.2 Å². The molecule has 0 spiro atoms. The molecule has 1 aliphatic rings. The summed E-state index contributed by atoms with van der Waals surface area (Å²) in [7, 11) is 0. The molecule has 104 valence electrons. The topological polar surface area (TPSA) is 52.6 Å². The summed E-state index contributed by atoms with van der Waals surface area (Å²) < 4.78 is 0. The van der Waals surface area contributed by atoms with E-state index in [4.69, 9.17) is 0 Å². The van der Waals surface area contributed by atoms with E-state index in [-0.39, 0.29) is 0 Å². The van der Waals surface area contributed by atoms with Gasteiger partial charge >= 0.3 is 5.97 Å². The monoisotopic (exact) mass is 262 g/mol. The van der Waals surface area contributed by atoms with Gasteiger partial charge in [0, 0.05) is 25.7 Å². The molecular formula is C15H22N2O2. The normalized spacial score (nSPS) is 19.4. The number of benzene rings is 1. The zero-order valence-corrected chi connectivity index (χ0v) is 11.4. The van der Waals surface area contributed by atoms with E-state index in [2.05, 4.69) is 17.1 Å². The molecule has 0 amide bonds. The van der Waals surface area contributed by atoms with Crippen molar-refractivity contribution in [2.24, 2.45) is 0 Å². The fourth-order valence-electron chi connectivity index (χ4n) is 2.68. The van der Waals surface area contributed by atoms with Gasteiger partial charge in [0.1, 0.15) is 0 Å². The van der Waals surface area contributed by atoms with E-state index in [0.29, 0.717) is 11.6 Å². The Balaban J connectivity index is 2.24. The lowest BCUT2D eigenvalue weighted by Crippen LogP contribution is -2.51.